The highest BCUT2D eigenvalue weighted by molar-refractivity contribution is 5.26. The number of hydrogen-bond donors (Lipinski definition) is 2. The van der Waals surface area contributed by atoms with Crippen LogP contribution in [0.5, 0.6) is 0 Å². The summed E-state index contributed by atoms with van der Waals surface area (Å²) in [4.78, 5) is 0. The van der Waals surface area contributed by atoms with Crippen molar-refractivity contribution >= 4 is 0 Å². The van der Waals surface area contributed by atoms with E-state index in [4.69, 9.17) is 5.73 Å². The molecule has 2 heteroatoms. The van der Waals surface area contributed by atoms with E-state index in [9.17, 15) is 0 Å². The van der Waals surface area contributed by atoms with Crippen LogP contribution in [-0.4, -0.2) is 6.54 Å². The van der Waals surface area contributed by atoms with Crippen LogP contribution in [0.2, 0.25) is 0 Å². The lowest BCUT2D eigenvalue weighted by atomic mass is 10.1. The Hall–Kier alpha value is -0.860. The van der Waals surface area contributed by atoms with E-state index in [0.717, 1.165) is 19.0 Å². The molecule has 0 aromatic heterocycles. The predicted molar refractivity (Wildman–Crippen MR) is 65.5 cm³/mol. The van der Waals surface area contributed by atoms with E-state index in [2.05, 4.69) is 37.4 Å². The van der Waals surface area contributed by atoms with Crippen molar-refractivity contribution in [3.8, 4) is 0 Å². The highest BCUT2D eigenvalue weighted by atomic mass is 14.8. The Labute approximate surface area is 92.9 Å². The molecular formula is C13H22N2. The first-order valence-electron chi connectivity index (χ1n) is 5.71. The fraction of sp³-hybridized carbons (Fsp3) is 0.538. The van der Waals surface area contributed by atoms with Gasteiger partial charge in [0, 0.05) is 13.1 Å². The normalized spacial score (nSPS) is 10.9. The molecule has 0 spiro atoms. The van der Waals surface area contributed by atoms with E-state index in [-0.39, 0.29) is 0 Å². The summed E-state index contributed by atoms with van der Waals surface area (Å²) in [5, 5.41) is 3.45. The molecule has 0 aliphatic heterocycles. The zero-order valence-corrected chi connectivity index (χ0v) is 9.79. The van der Waals surface area contributed by atoms with Gasteiger partial charge in [-0.1, -0.05) is 38.1 Å². The molecule has 0 heterocycles. The maximum absolute atomic E-state index is 5.68. The fourth-order valence-electron chi connectivity index (χ4n) is 1.54. The fourth-order valence-corrected chi connectivity index (χ4v) is 1.54. The maximum Gasteiger partial charge on any atom is 0.0208 e. The summed E-state index contributed by atoms with van der Waals surface area (Å²) in [6, 6.07) is 8.35. The van der Waals surface area contributed by atoms with Crippen LogP contribution in [0, 0.1) is 5.92 Å². The van der Waals surface area contributed by atoms with Crippen molar-refractivity contribution in [2.75, 3.05) is 6.54 Å². The molecule has 1 rings (SSSR count). The summed E-state index contributed by atoms with van der Waals surface area (Å²) in [7, 11) is 0. The number of hydrogen-bond acceptors (Lipinski definition) is 2. The number of rotatable bonds is 6. The van der Waals surface area contributed by atoms with E-state index in [1.54, 1.807) is 0 Å². The van der Waals surface area contributed by atoms with Crippen molar-refractivity contribution in [3.05, 3.63) is 35.4 Å². The molecule has 1 aromatic rings. The molecule has 0 saturated carbocycles. The minimum atomic E-state index is 0.627. The first-order valence-corrected chi connectivity index (χ1v) is 5.71. The summed E-state index contributed by atoms with van der Waals surface area (Å²) >= 11 is 0. The van der Waals surface area contributed by atoms with Crippen LogP contribution in [0.25, 0.3) is 0 Å². The number of benzene rings is 1. The average molecular weight is 206 g/mol. The van der Waals surface area contributed by atoms with Crippen LogP contribution in [-0.2, 0) is 13.1 Å². The van der Waals surface area contributed by atoms with Crippen molar-refractivity contribution in [2.45, 2.75) is 33.4 Å². The van der Waals surface area contributed by atoms with Gasteiger partial charge in [-0.25, -0.2) is 0 Å². The van der Waals surface area contributed by atoms with E-state index in [0.29, 0.717) is 6.54 Å². The van der Waals surface area contributed by atoms with Gasteiger partial charge in [-0.2, -0.15) is 0 Å². The van der Waals surface area contributed by atoms with Gasteiger partial charge in [0.25, 0.3) is 0 Å². The van der Waals surface area contributed by atoms with Crippen molar-refractivity contribution in [2.24, 2.45) is 11.7 Å². The molecule has 0 fully saturated rings. The Morgan fingerprint density at radius 3 is 2.47 bits per heavy atom. The van der Waals surface area contributed by atoms with Gasteiger partial charge in [-0.05, 0) is 30.0 Å². The first-order chi connectivity index (χ1) is 7.24. The topological polar surface area (TPSA) is 38.0 Å². The zero-order valence-electron chi connectivity index (χ0n) is 9.79. The Morgan fingerprint density at radius 2 is 1.87 bits per heavy atom. The van der Waals surface area contributed by atoms with Gasteiger partial charge >= 0.3 is 0 Å². The van der Waals surface area contributed by atoms with E-state index < -0.39 is 0 Å². The van der Waals surface area contributed by atoms with Gasteiger partial charge in [0.15, 0.2) is 0 Å². The molecule has 0 aliphatic rings. The van der Waals surface area contributed by atoms with E-state index in [1.807, 2.05) is 6.07 Å². The monoisotopic (exact) mass is 206 g/mol. The Morgan fingerprint density at radius 1 is 1.20 bits per heavy atom. The maximum atomic E-state index is 5.68. The second kappa shape index (κ2) is 6.59. The molecule has 15 heavy (non-hydrogen) atoms. The SMILES string of the molecule is CC(C)CCNCc1ccccc1CN. The van der Waals surface area contributed by atoms with Crippen LogP contribution in [0.4, 0.5) is 0 Å². The first kappa shape index (κ1) is 12.2. The molecule has 0 bridgehead atoms. The lowest BCUT2D eigenvalue weighted by Gasteiger charge is -2.10. The largest absolute Gasteiger partial charge is 0.326 e. The Kier molecular flexibility index (Phi) is 5.37. The highest BCUT2D eigenvalue weighted by Gasteiger charge is 1.99. The van der Waals surface area contributed by atoms with E-state index in [1.165, 1.54) is 17.5 Å². The lowest BCUT2D eigenvalue weighted by molar-refractivity contribution is 0.537. The van der Waals surface area contributed by atoms with Gasteiger partial charge in [0.1, 0.15) is 0 Å². The Bertz CT molecular complexity index is 282. The summed E-state index contributed by atoms with van der Waals surface area (Å²) in [6.45, 7) is 7.13. The standard InChI is InChI=1S/C13H22N2/c1-11(2)7-8-15-10-13-6-4-3-5-12(13)9-14/h3-6,11,15H,7-10,14H2,1-2H3. The lowest BCUT2D eigenvalue weighted by Crippen LogP contribution is -2.17. The third-order valence-electron chi connectivity index (χ3n) is 2.55. The van der Waals surface area contributed by atoms with E-state index >= 15 is 0 Å². The predicted octanol–water partition coefficient (Wildman–Crippen LogP) is 2.28. The second-order valence-electron chi connectivity index (χ2n) is 4.33. The van der Waals surface area contributed by atoms with Crippen molar-refractivity contribution in [3.63, 3.8) is 0 Å². The highest BCUT2D eigenvalue weighted by Crippen LogP contribution is 2.07. The number of nitrogens with two attached hydrogens (primary N) is 1. The molecular weight excluding hydrogens is 184 g/mol. The van der Waals surface area contributed by atoms with Crippen LogP contribution in [0.1, 0.15) is 31.4 Å². The van der Waals surface area contributed by atoms with Gasteiger partial charge < -0.3 is 11.1 Å². The molecule has 0 amide bonds. The molecule has 0 unspecified atom stereocenters. The summed E-state index contributed by atoms with van der Waals surface area (Å²) in [5.41, 5.74) is 8.24. The molecule has 1 aromatic carbocycles. The third kappa shape index (κ3) is 4.45. The van der Waals surface area contributed by atoms with Gasteiger partial charge in [0.2, 0.25) is 0 Å². The summed E-state index contributed by atoms with van der Waals surface area (Å²) < 4.78 is 0. The minimum Gasteiger partial charge on any atom is -0.326 e. The van der Waals surface area contributed by atoms with Crippen LogP contribution < -0.4 is 11.1 Å². The van der Waals surface area contributed by atoms with Crippen LogP contribution >= 0.6 is 0 Å². The minimum absolute atomic E-state index is 0.627. The summed E-state index contributed by atoms with van der Waals surface area (Å²) in [5.74, 6) is 0.766. The van der Waals surface area contributed by atoms with Gasteiger partial charge in [0.05, 0.1) is 0 Å². The van der Waals surface area contributed by atoms with Crippen molar-refractivity contribution in [1.82, 2.24) is 5.32 Å². The number of nitrogens with one attached hydrogen (secondary N) is 1. The molecule has 0 saturated heterocycles. The Balaban J connectivity index is 2.36. The molecule has 84 valence electrons. The second-order valence-corrected chi connectivity index (χ2v) is 4.33. The van der Waals surface area contributed by atoms with Gasteiger partial charge in [-0.3, -0.25) is 0 Å². The van der Waals surface area contributed by atoms with Crippen molar-refractivity contribution in [1.29, 1.82) is 0 Å². The molecule has 2 nitrogen and oxygen atoms in total. The van der Waals surface area contributed by atoms with Crippen LogP contribution in [0.15, 0.2) is 24.3 Å². The average Bonchev–Trinajstić information content (AvgIpc) is 2.24. The zero-order chi connectivity index (χ0) is 11.1. The van der Waals surface area contributed by atoms with Gasteiger partial charge in [-0.15, -0.1) is 0 Å². The molecule has 0 atom stereocenters. The quantitative estimate of drug-likeness (QED) is 0.701. The third-order valence-corrected chi connectivity index (χ3v) is 2.55. The molecule has 0 aliphatic carbocycles. The molecule has 0 radical (unpaired) electrons. The molecule has 3 N–H and O–H groups in total. The van der Waals surface area contributed by atoms with Crippen molar-refractivity contribution < 1.29 is 0 Å². The smallest absolute Gasteiger partial charge is 0.0208 e. The van der Waals surface area contributed by atoms with Crippen LogP contribution in [0.3, 0.4) is 0 Å². The summed E-state index contributed by atoms with van der Waals surface area (Å²) in [6.07, 6.45) is 1.23.